The maximum atomic E-state index is 12.6. The third-order valence-corrected chi connectivity index (χ3v) is 5.56. The third-order valence-electron chi connectivity index (χ3n) is 5.56. The van der Waals surface area contributed by atoms with Crippen molar-refractivity contribution in [2.24, 2.45) is 0 Å². The summed E-state index contributed by atoms with van der Waals surface area (Å²) in [6.45, 7) is 0.306. The summed E-state index contributed by atoms with van der Waals surface area (Å²) in [5, 5.41) is 12.0. The molecule has 0 bridgehead atoms. The number of nitrogens with zero attached hydrogens (tertiary/aromatic N) is 1. The molecule has 2 aromatic carbocycles. The van der Waals surface area contributed by atoms with Crippen LogP contribution in [0.5, 0.6) is 0 Å². The van der Waals surface area contributed by atoms with Crippen molar-refractivity contribution in [3.63, 3.8) is 0 Å². The molecule has 166 valence electrons. The highest BCUT2D eigenvalue weighted by atomic mass is 16.7. The predicted octanol–water partition coefficient (Wildman–Crippen LogP) is 1.08. The summed E-state index contributed by atoms with van der Waals surface area (Å²) in [7, 11) is 0. The first-order chi connectivity index (χ1) is 15.4. The van der Waals surface area contributed by atoms with Crippen LogP contribution in [0.2, 0.25) is 0 Å². The summed E-state index contributed by atoms with van der Waals surface area (Å²) >= 11 is 0. The van der Waals surface area contributed by atoms with E-state index in [2.05, 4.69) is 5.32 Å². The zero-order chi connectivity index (χ0) is 22.7. The molecule has 0 saturated carbocycles. The summed E-state index contributed by atoms with van der Waals surface area (Å²) in [5.74, 6) is -3.46. The molecule has 0 aliphatic carbocycles. The largest absolute Gasteiger partial charge is 0.480 e. The van der Waals surface area contributed by atoms with Gasteiger partial charge in [-0.2, -0.15) is 0 Å². The smallest absolute Gasteiger partial charge is 0.326 e. The van der Waals surface area contributed by atoms with Crippen molar-refractivity contribution < 1.29 is 33.8 Å². The second-order valence-corrected chi connectivity index (χ2v) is 7.64. The van der Waals surface area contributed by atoms with E-state index in [0.29, 0.717) is 24.3 Å². The predicted molar refractivity (Wildman–Crippen MR) is 111 cm³/mol. The molecule has 2 aromatic rings. The number of carbonyl (C=O) groups is 4. The number of benzene rings is 2. The summed E-state index contributed by atoms with van der Waals surface area (Å²) in [4.78, 5) is 50.3. The maximum Gasteiger partial charge on any atom is 0.326 e. The van der Waals surface area contributed by atoms with Crippen LogP contribution in [-0.2, 0) is 19.1 Å². The van der Waals surface area contributed by atoms with E-state index in [1.54, 1.807) is 36.4 Å². The van der Waals surface area contributed by atoms with E-state index < -0.39 is 29.6 Å². The number of ether oxygens (including phenoxy) is 2. The Kier molecular flexibility index (Phi) is 6.02. The molecule has 2 fully saturated rings. The molecule has 2 saturated heterocycles. The van der Waals surface area contributed by atoms with E-state index in [-0.39, 0.29) is 30.9 Å². The first-order valence-electron chi connectivity index (χ1n) is 10.2. The van der Waals surface area contributed by atoms with Crippen LogP contribution in [0.15, 0.2) is 54.6 Å². The van der Waals surface area contributed by atoms with Gasteiger partial charge in [-0.05, 0) is 12.1 Å². The van der Waals surface area contributed by atoms with Crippen molar-refractivity contribution in [2.75, 3.05) is 26.3 Å². The topological polar surface area (TPSA) is 122 Å². The van der Waals surface area contributed by atoms with Gasteiger partial charge in [-0.25, -0.2) is 4.79 Å². The Morgan fingerprint density at radius 1 is 0.938 bits per heavy atom. The van der Waals surface area contributed by atoms with Gasteiger partial charge in [-0.3, -0.25) is 14.4 Å². The van der Waals surface area contributed by atoms with Gasteiger partial charge < -0.3 is 24.8 Å². The van der Waals surface area contributed by atoms with E-state index >= 15 is 0 Å². The molecule has 2 heterocycles. The van der Waals surface area contributed by atoms with Crippen LogP contribution in [0.1, 0.15) is 32.7 Å². The number of likely N-dealkylation sites (tertiary alicyclic amines) is 1. The van der Waals surface area contributed by atoms with Crippen LogP contribution < -0.4 is 5.32 Å². The van der Waals surface area contributed by atoms with Crippen LogP contribution in [0.3, 0.4) is 0 Å². The minimum atomic E-state index is -1.15. The average molecular weight is 438 g/mol. The molecule has 2 N–H and O–H groups in total. The normalized spacial score (nSPS) is 19.1. The number of hydrogen-bond donors (Lipinski definition) is 2. The molecule has 0 radical (unpaired) electrons. The fourth-order valence-corrected chi connectivity index (χ4v) is 3.92. The Bertz CT molecular complexity index is 1030. The Labute approximate surface area is 183 Å². The molecular formula is C23H22N2O7. The van der Waals surface area contributed by atoms with Gasteiger partial charge in [-0.15, -0.1) is 0 Å². The molecular weight excluding hydrogens is 416 g/mol. The highest BCUT2D eigenvalue weighted by Crippen LogP contribution is 2.34. The van der Waals surface area contributed by atoms with Crippen molar-refractivity contribution in [1.82, 2.24) is 10.2 Å². The van der Waals surface area contributed by atoms with Gasteiger partial charge in [0.2, 0.25) is 5.91 Å². The van der Waals surface area contributed by atoms with Crippen LogP contribution in [-0.4, -0.2) is 71.7 Å². The van der Waals surface area contributed by atoms with Gasteiger partial charge in [0, 0.05) is 23.1 Å². The van der Waals surface area contributed by atoms with Crippen LogP contribution >= 0.6 is 0 Å². The molecule has 32 heavy (non-hydrogen) atoms. The molecule has 9 nitrogen and oxygen atoms in total. The number of carbonyl (C=O) groups excluding carboxylic acids is 3. The van der Waals surface area contributed by atoms with Gasteiger partial charge in [0.05, 0.1) is 26.3 Å². The summed E-state index contributed by atoms with van der Waals surface area (Å²) in [6, 6.07) is 13.8. The van der Waals surface area contributed by atoms with Crippen molar-refractivity contribution in [1.29, 1.82) is 0 Å². The molecule has 0 unspecified atom stereocenters. The number of carboxylic acid groups (broad SMARTS) is 1. The van der Waals surface area contributed by atoms with Crippen molar-refractivity contribution in [3.8, 4) is 0 Å². The van der Waals surface area contributed by atoms with E-state index in [4.69, 9.17) is 9.47 Å². The van der Waals surface area contributed by atoms with Gasteiger partial charge in [-0.1, -0.05) is 42.5 Å². The summed E-state index contributed by atoms with van der Waals surface area (Å²) < 4.78 is 11.1. The fourth-order valence-electron chi connectivity index (χ4n) is 3.92. The lowest BCUT2D eigenvalue weighted by Gasteiger charge is -2.23. The Hall–Kier alpha value is -3.56. The van der Waals surface area contributed by atoms with E-state index in [9.17, 15) is 24.3 Å². The molecule has 2 aliphatic rings. The Morgan fingerprint density at radius 2 is 1.53 bits per heavy atom. The van der Waals surface area contributed by atoms with E-state index in [1.807, 2.05) is 6.07 Å². The first kappa shape index (κ1) is 21.7. The Morgan fingerprint density at radius 3 is 2.16 bits per heavy atom. The van der Waals surface area contributed by atoms with Crippen molar-refractivity contribution in [2.45, 2.75) is 18.2 Å². The van der Waals surface area contributed by atoms with Crippen LogP contribution in [0.25, 0.3) is 0 Å². The first-order valence-corrected chi connectivity index (χ1v) is 10.2. The summed E-state index contributed by atoms with van der Waals surface area (Å²) in [5.41, 5.74) is 1.26. The zero-order valence-corrected chi connectivity index (χ0v) is 17.2. The van der Waals surface area contributed by atoms with Crippen molar-refractivity contribution in [3.05, 3.63) is 71.3 Å². The minimum Gasteiger partial charge on any atom is -0.480 e. The van der Waals surface area contributed by atoms with Crippen LogP contribution in [0.4, 0.5) is 0 Å². The third kappa shape index (κ3) is 4.39. The Balaban J connectivity index is 1.36. The second-order valence-electron chi connectivity index (χ2n) is 7.64. The van der Waals surface area contributed by atoms with E-state index in [0.717, 1.165) is 4.90 Å². The lowest BCUT2D eigenvalue weighted by Crippen LogP contribution is -2.46. The maximum absolute atomic E-state index is 12.6. The monoisotopic (exact) mass is 438 g/mol. The van der Waals surface area contributed by atoms with Gasteiger partial charge in [0.25, 0.3) is 5.91 Å². The lowest BCUT2D eigenvalue weighted by atomic mass is 10.0. The van der Waals surface area contributed by atoms with Crippen molar-refractivity contribution >= 4 is 23.6 Å². The fraction of sp³-hybridized carbons (Fsp3) is 0.304. The number of rotatable bonds is 6. The zero-order valence-electron chi connectivity index (χ0n) is 17.2. The number of amides is 2. The number of carboxylic acids is 1. The van der Waals surface area contributed by atoms with E-state index in [1.165, 1.54) is 12.1 Å². The number of ketones is 1. The second kappa shape index (κ2) is 8.89. The standard InChI is InChI=1S/C23H22N2O7/c26-19(25-14-23(31-10-11-32-23)12-18(25)22(29)30)13-24-21(28)17-8-6-16(7-9-17)20(27)15-4-2-1-3-5-15/h1-9,18H,10-14H2,(H,24,28)(H,29,30)/t18-/m1/s1. The molecule has 4 rings (SSSR count). The number of hydrogen-bond acceptors (Lipinski definition) is 6. The van der Waals surface area contributed by atoms with Gasteiger partial charge >= 0.3 is 5.97 Å². The SMILES string of the molecule is O=C(NCC(=O)N1CC2(C[C@@H]1C(=O)O)OCCO2)c1ccc(C(=O)c2ccccc2)cc1. The molecule has 1 spiro atoms. The molecule has 9 heteroatoms. The minimum absolute atomic E-state index is 0.00500. The van der Waals surface area contributed by atoms with Crippen LogP contribution in [0, 0.1) is 0 Å². The highest BCUT2D eigenvalue weighted by molar-refractivity contribution is 6.09. The number of aliphatic carboxylic acids is 1. The number of nitrogens with one attached hydrogen (secondary N) is 1. The lowest BCUT2D eigenvalue weighted by molar-refractivity contribution is -0.152. The quantitative estimate of drug-likeness (QED) is 0.647. The molecule has 0 aromatic heterocycles. The molecule has 2 amide bonds. The highest BCUT2D eigenvalue weighted by Gasteiger charge is 2.52. The van der Waals surface area contributed by atoms with Gasteiger partial charge in [0.15, 0.2) is 11.6 Å². The van der Waals surface area contributed by atoms with Gasteiger partial charge in [0.1, 0.15) is 6.04 Å². The average Bonchev–Trinajstić information content (AvgIpc) is 3.44. The summed E-state index contributed by atoms with van der Waals surface area (Å²) in [6.07, 6.45) is 0.0406. The molecule has 2 aliphatic heterocycles. The molecule has 1 atom stereocenters.